The van der Waals surface area contributed by atoms with E-state index >= 15 is 0 Å². The van der Waals surface area contributed by atoms with Gasteiger partial charge in [-0.15, -0.1) is 0 Å². The fourth-order valence-electron chi connectivity index (χ4n) is 3.69. The van der Waals surface area contributed by atoms with Gasteiger partial charge in [0.2, 0.25) is 11.8 Å². The Morgan fingerprint density at radius 1 is 0.636 bits per heavy atom. The Morgan fingerprint density at radius 3 is 1.36 bits per heavy atom. The van der Waals surface area contributed by atoms with Crippen LogP contribution in [0, 0.1) is 0 Å². The van der Waals surface area contributed by atoms with E-state index in [0.717, 1.165) is 23.5 Å². The lowest BCUT2D eigenvalue weighted by Crippen LogP contribution is -2.43. The monoisotopic (exact) mass is 798 g/mol. The number of amides is 6. The highest BCUT2D eigenvalue weighted by Crippen LogP contribution is 2.42. The summed E-state index contributed by atoms with van der Waals surface area (Å²) in [7, 11) is 0. The maximum atomic E-state index is 13.1. The number of carbonyl (C=O) groups is 6. The molecule has 0 atom stereocenters. The summed E-state index contributed by atoms with van der Waals surface area (Å²) in [6.45, 7) is -0.173. The first kappa shape index (κ1) is 33.7. The highest BCUT2D eigenvalue weighted by molar-refractivity contribution is 9.10. The SMILES string of the molecule is O=C(CCN1C(=O)C(=C2SC(=S)N(CCC(=O)NNC(=O)c3ccccc3Br)C2=O)SC1=S)NNC(=O)c1ccccc1Br. The van der Waals surface area contributed by atoms with E-state index in [1.165, 1.54) is 9.80 Å². The van der Waals surface area contributed by atoms with Gasteiger partial charge in [-0.25, -0.2) is 0 Å². The third-order valence-corrected chi connectivity index (χ3v) is 10.3. The maximum Gasteiger partial charge on any atom is 0.270 e. The van der Waals surface area contributed by atoms with Gasteiger partial charge in [-0.3, -0.25) is 60.3 Å². The van der Waals surface area contributed by atoms with Gasteiger partial charge >= 0.3 is 0 Å². The molecule has 0 saturated carbocycles. The summed E-state index contributed by atoms with van der Waals surface area (Å²) in [6, 6.07) is 13.4. The molecule has 0 bridgehead atoms. The topological polar surface area (TPSA) is 157 Å². The fourth-order valence-corrected chi connectivity index (χ4v) is 7.39. The quantitative estimate of drug-likeness (QED) is 0.178. The summed E-state index contributed by atoms with van der Waals surface area (Å²) < 4.78 is 1.42. The van der Waals surface area contributed by atoms with Crippen LogP contribution in [0.1, 0.15) is 33.6 Å². The van der Waals surface area contributed by atoms with Crippen LogP contribution >= 0.6 is 79.8 Å². The number of rotatable bonds is 8. The molecule has 0 aromatic heterocycles. The largest absolute Gasteiger partial charge is 0.292 e. The molecule has 2 heterocycles. The lowest BCUT2D eigenvalue weighted by Gasteiger charge is -2.15. The molecule has 2 aliphatic heterocycles. The number of carbonyl (C=O) groups excluding carboxylic acids is 6. The zero-order valence-corrected chi connectivity index (χ0v) is 28.6. The van der Waals surface area contributed by atoms with Crippen LogP contribution in [0.3, 0.4) is 0 Å². The molecule has 0 spiro atoms. The predicted molar refractivity (Wildman–Crippen MR) is 180 cm³/mol. The van der Waals surface area contributed by atoms with Crippen molar-refractivity contribution in [3.63, 3.8) is 0 Å². The van der Waals surface area contributed by atoms with E-state index < -0.39 is 35.4 Å². The second-order valence-electron chi connectivity index (χ2n) is 8.77. The minimum absolute atomic E-state index is 0.0719. The molecule has 0 unspecified atom stereocenters. The number of nitrogens with one attached hydrogen (secondary N) is 4. The van der Waals surface area contributed by atoms with Crippen molar-refractivity contribution in [1.82, 2.24) is 31.5 Å². The van der Waals surface area contributed by atoms with Crippen LogP contribution in [0.25, 0.3) is 0 Å². The summed E-state index contributed by atoms with van der Waals surface area (Å²) in [5.41, 5.74) is 9.87. The van der Waals surface area contributed by atoms with Crippen LogP contribution < -0.4 is 21.7 Å². The summed E-state index contributed by atoms with van der Waals surface area (Å²) in [4.78, 5) is 78.0. The number of nitrogens with zero attached hydrogens (tertiary/aromatic N) is 2. The first-order chi connectivity index (χ1) is 21.0. The van der Waals surface area contributed by atoms with Gasteiger partial charge in [0.15, 0.2) is 0 Å². The van der Waals surface area contributed by atoms with E-state index in [1.54, 1.807) is 48.5 Å². The van der Waals surface area contributed by atoms with Gasteiger partial charge in [-0.2, -0.15) is 0 Å². The van der Waals surface area contributed by atoms with Gasteiger partial charge in [-0.1, -0.05) is 72.2 Å². The number of hydrazine groups is 2. The second-order valence-corrected chi connectivity index (χ2v) is 13.8. The zero-order valence-electron chi connectivity index (χ0n) is 22.2. The number of thioether (sulfide) groups is 2. The molecule has 44 heavy (non-hydrogen) atoms. The zero-order chi connectivity index (χ0) is 32.0. The Labute approximate surface area is 286 Å². The smallest absolute Gasteiger partial charge is 0.270 e. The Hall–Kier alpha value is -3.16. The molecule has 228 valence electrons. The van der Waals surface area contributed by atoms with Gasteiger partial charge in [0.25, 0.3) is 23.6 Å². The van der Waals surface area contributed by atoms with Crippen molar-refractivity contribution < 1.29 is 28.8 Å². The van der Waals surface area contributed by atoms with Crippen LogP contribution in [-0.4, -0.2) is 67.0 Å². The highest BCUT2D eigenvalue weighted by Gasteiger charge is 2.42. The van der Waals surface area contributed by atoms with Crippen molar-refractivity contribution in [2.45, 2.75) is 12.8 Å². The Kier molecular flexibility index (Phi) is 11.7. The number of benzene rings is 2. The van der Waals surface area contributed by atoms with Crippen molar-refractivity contribution in [2.24, 2.45) is 0 Å². The molecule has 2 saturated heterocycles. The molecule has 2 aromatic rings. The van der Waals surface area contributed by atoms with Gasteiger partial charge in [-0.05, 0) is 56.1 Å². The first-order valence-electron chi connectivity index (χ1n) is 12.5. The van der Waals surface area contributed by atoms with E-state index in [9.17, 15) is 28.8 Å². The Balaban J connectivity index is 1.27. The van der Waals surface area contributed by atoms with E-state index in [-0.39, 0.29) is 44.4 Å². The first-order valence-corrected chi connectivity index (χ1v) is 16.5. The molecule has 18 heteroatoms. The molecule has 4 rings (SSSR count). The molecule has 4 N–H and O–H groups in total. The molecule has 0 radical (unpaired) electrons. The van der Waals surface area contributed by atoms with Crippen molar-refractivity contribution in [3.05, 3.63) is 78.4 Å². The van der Waals surface area contributed by atoms with Crippen molar-refractivity contribution >= 4 is 124 Å². The molecule has 2 fully saturated rings. The Morgan fingerprint density at radius 2 is 1.00 bits per heavy atom. The average Bonchev–Trinajstić information content (AvgIpc) is 3.44. The number of halogens is 2. The highest BCUT2D eigenvalue weighted by atomic mass is 79.9. The van der Waals surface area contributed by atoms with Crippen molar-refractivity contribution in [1.29, 1.82) is 0 Å². The van der Waals surface area contributed by atoms with Crippen LogP contribution in [0.2, 0.25) is 0 Å². The normalized spacial score (nSPS) is 16.3. The van der Waals surface area contributed by atoms with Gasteiger partial charge in [0.05, 0.1) is 20.9 Å². The average molecular weight is 801 g/mol. The van der Waals surface area contributed by atoms with Crippen molar-refractivity contribution in [2.75, 3.05) is 13.1 Å². The van der Waals surface area contributed by atoms with E-state index in [1.807, 2.05) is 0 Å². The minimum Gasteiger partial charge on any atom is -0.292 e. The fraction of sp³-hybridized carbons (Fsp3) is 0.154. The van der Waals surface area contributed by atoms with Gasteiger partial charge in [0, 0.05) is 34.9 Å². The van der Waals surface area contributed by atoms with Crippen molar-refractivity contribution in [3.8, 4) is 0 Å². The number of thiocarbonyl (C=S) groups is 2. The summed E-state index contributed by atoms with van der Waals surface area (Å²) in [6.07, 6.45) is -0.354. The molecule has 2 aliphatic rings. The third-order valence-electron chi connectivity index (χ3n) is 5.90. The maximum absolute atomic E-state index is 13.1. The molecule has 12 nitrogen and oxygen atoms in total. The molecular formula is C26H20Br2N6O6S4. The summed E-state index contributed by atoms with van der Waals surface area (Å²) >= 11 is 19.0. The lowest BCUT2D eigenvalue weighted by molar-refractivity contribution is -0.126. The van der Waals surface area contributed by atoms with Crippen LogP contribution in [-0.2, 0) is 19.2 Å². The molecule has 2 aromatic carbocycles. The number of hydrogen-bond acceptors (Lipinski definition) is 10. The van der Waals surface area contributed by atoms with E-state index in [2.05, 4.69) is 53.6 Å². The van der Waals surface area contributed by atoms with Crippen LogP contribution in [0.15, 0.2) is 67.3 Å². The summed E-state index contributed by atoms with van der Waals surface area (Å²) in [5.74, 6) is -3.29. The molecule has 6 amide bonds. The van der Waals surface area contributed by atoms with E-state index in [4.69, 9.17) is 24.4 Å². The molecular weight excluding hydrogens is 780 g/mol. The summed E-state index contributed by atoms with van der Waals surface area (Å²) in [5, 5.41) is 0. The minimum atomic E-state index is -0.559. The number of hydrogen-bond donors (Lipinski definition) is 4. The predicted octanol–water partition coefficient (Wildman–Crippen LogP) is 3.15. The van der Waals surface area contributed by atoms with Crippen LogP contribution in [0.5, 0.6) is 0 Å². The third kappa shape index (κ3) is 8.10. The van der Waals surface area contributed by atoms with Gasteiger partial charge in [0.1, 0.15) is 8.64 Å². The van der Waals surface area contributed by atoms with Crippen LogP contribution in [0.4, 0.5) is 0 Å². The van der Waals surface area contributed by atoms with E-state index in [0.29, 0.717) is 20.1 Å². The second kappa shape index (κ2) is 15.2. The lowest BCUT2D eigenvalue weighted by atomic mass is 10.2. The van der Waals surface area contributed by atoms with Gasteiger partial charge < -0.3 is 0 Å². The Bertz CT molecular complexity index is 1520. The standard InChI is InChI=1S/C26H20Br2N6O6S4/c27-15-7-3-1-5-13(15)21(37)31-29-17(35)9-11-33-23(39)19(43-25(33)41)20-24(40)34(26(42)44-20)12-10-18(36)30-32-22(38)14-6-2-4-8-16(14)28/h1-8H,9-12H2,(H,29,35)(H,30,36)(H,31,37)(H,32,38). The molecule has 0 aliphatic carbocycles.